The van der Waals surface area contributed by atoms with Crippen molar-refractivity contribution in [3.63, 3.8) is 0 Å². The van der Waals surface area contributed by atoms with Crippen LogP contribution in [0.3, 0.4) is 0 Å². The van der Waals surface area contributed by atoms with Crippen molar-refractivity contribution in [1.82, 2.24) is 15.5 Å². The van der Waals surface area contributed by atoms with Crippen LogP contribution in [0.4, 0.5) is 0 Å². The van der Waals surface area contributed by atoms with Gasteiger partial charge in [-0.25, -0.2) is 0 Å². The third kappa shape index (κ3) is 3.75. The molecule has 1 aliphatic rings. The van der Waals surface area contributed by atoms with E-state index in [-0.39, 0.29) is 11.8 Å². The monoisotopic (exact) mass is 373 g/mol. The molecule has 0 spiro atoms. The molecule has 0 aliphatic carbocycles. The van der Waals surface area contributed by atoms with Crippen molar-refractivity contribution in [1.29, 1.82) is 0 Å². The van der Waals surface area contributed by atoms with Crippen molar-refractivity contribution in [3.8, 4) is 0 Å². The lowest BCUT2D eigenvalue weighted by Gasteiger charge is -2.35. The summed E-state index contributed by atoms with van der Waals surface area (Å²) in [6.07, 6.45) is 0. The second kappa shape index (κ2) is 7.24. The van der Waals surface area contributed by atoms with Gasteiger partial charge in [-0.3, -0.25) is 9.59 Å². The Kier molecular flexibility index (Phi) is 5.61. The molecule has 1 aliphatic heterocycles. The number of rotatable bonds is 3. The summed E-state index contributed by atoms with van der Waals surface area (Å²) in [5.41, 5.74) is 0.413. The molecule has 114 valence electrons. The zero-order valence-electron chi connectivity index (χ0n) is 11.7. The number of nitrogens with zero attached hydrogens (tertiary/aromatic N) is 1. The Morgan fingerprint density at radius 1 is 1.52 bits per heavy atom. The van der Waals surface area contributed by atoms with E-state index in [4.69, 9.17) is 11.6 Å². The van der Waals surface area contributed by atoms with Crippen LogP contribution in [0.1, 0.15) is 17.3 Å². The molecule has 1 atom stereocenters. The Morgan fingerprint density at radius 2 is 2.29 bits per heavy atom. The molecule has 2 N–H and O–H groups in total. The fraction of sp³-hybridized carbons (Fsp3) is 0.429. The van der Waals surface area contributed by atoms with Crippen LogP contribution in [-0.4, -0.2) is 48.9 Å². The van der Waals surface area contributed by atoms with E-state index in [9.17, 15) is 9.59 Å². The van der Waals surface area contributed by atoms with Gasteiger partial charge in [0.25, 0.3) is 5.91 Å². The SMILES string of the molecule is CCNC(=O)C1CNCCN1C(=O)c1ccc(Br)cc1Cl. The Bertz CT molecular complexity index is 553. The number of nitrogens with one attached hydrogen (secondary N) is 2. The molecule has 0 radical (unpaired) electrons. The van der Waals surface area contributed by atoms with Crippen LogP contribution >= 0.6 is 27.5 Å². The fourth-order valence-corrected chi connectivity index (χ4v) is 3.05. The Labute approximate surface area is 137 Å². The van der Waals surface area contributed by atoms with Crippen molar-refractivity contribution < 1.29 is 9.59 Å². The number of carbonyl (C=O) groups is 2. The second-order valence-corrected chi connectivity index (χ2v) is 6.06. The number of benzene rings is 1. The number of hydrogen-bond acceptors (Lipinski definition) is 3. The summed E-state index contributed by atoms with van der Waals surface area (Å²) in [7, 11) is 0. The Hall–Kier alpha value is -1.11. The summed E-state index contributed by atoms with van der Waals surface area (Å²) < 4.78 is 0.810. The lowest BCUT2D eigenvalue weighted by molar-refractivity contribution is -0.126. The lowest BCUT2D eigenvalue weighted by Crippen LogP contribution is -2.59. The van der Waals surface area contributed by atoms with Crippen molar-refractivity contribution in [2.75, 3.05) is 26.2 Å². The number of piperazine rings is 1. The van der Waals surface area contributed by atoms with E-state index in [1.54, 1.807) is 23.1 Å². The summed E-state index contributed by atoms with van der Waals surface area (Å²) in [6.45, 7) is 3.98. The molecule has 2 rings (SSSR count). The average Bonchev–Trinajstić information content (AvgIpc) is 2.47. The maximum Gasteiger partial charge on any atom is 0.256 e. The Morgan fingerprint density at radius 3 is 2.95 bits per heavy atom. The van der Waals surface area contributed by atoms with Crippen LogP contribution in [0.25, 0.3) is 0 Å². The highest BCUT2D eigenvalue weighted by molar-refractivity contribution is 9.10. The van der Waals surface area contributed by atoms with E-state index in [0.29, 0.717) is 36.8 Å². The number of likely N-dealkylation sites (N-methyl/N-ethyl adjacent to an activating group) is 1. The van der Waals surface area contributed by atoms with Gasteiger partial charge in [0, 0.05) is 30.7 Å². The predicted octanol–water partition coefficient (Wildman–Crippen LogP) is 1.65. The molecular formula is C14H17BrClN3O2. The number of amides is 2. The van der Waals surface area contributed by atoms with Crippen molar-refractivity contribution in [3.05, 3.63) is 33.3 Å². The maximum absolute atomic E-state index is 12.7. The van der Waals surface area contributed by atoms with Crippen LogP contribution in [0, 0.1) is 0 Å². The van der Waals surface area contributed by atoms with E-state index in [1.165, 1.54) is 0 Å². The molecule has 1 saturated heterocycles. The van der Waals surface area contributed by atoms with Crippen LogP contribution in [0.2, 0.25) is 5.02 Å². The molecule has 1 aromatic rings. The van der Waals surface area contributed by atoms with Gasteiger partial charge in [0.2, 0.25) is 5.91 Å². The second-order valence-electron chi connectivity index (χ2n) is 4.74. The van der Waals surface area contributed by atoms with Gasteiger partial charge in [-0.1, -0.05) is 27.5 Å². The van der Waals surface area contributed by atoms with Gasteiger partial charge in [0.15, 0.2) is 0 Å². The first-order valence-electron chi connectivity index (χ1n) is 6.79. The van der Waals surface area contributed by atoms with Gasteiger partial charge in [0.1, 0.15) is 6.04 Å². The van der Waals surface area contributed by atoms with Crippen LogP contribution in [0.15, 0.2) is 22.7 Å². The third-order valence-corrected chi connectivity index (χ3v) is 4.13. The van der Waals surface area contributed by atoms with E-state index in [0.717, 1.165) is 4.47 Å². The van der Waals surface area contributed by atoms with Gasteiger partial charge >= 0.3 is 0 Å². The molecule has 1 aromatic carbocycles. The topological polar surface area (TPSA) is 61.4 Å². The molecule has 2 amide bonds. The van der Waals surface area contributed by atoms with Gasteiger partial charge in [-0.15, -0.1) is 0 Å². The minimum atomic E-state index is -0.508. The minimum absolute atomic E-state index is 0.147. The quantitative estimate of drug-likeness (QED) is 0.846. The summed E-state index contributed by atoms with van der Waals surface area (Å²) in [6, 6.07) is 4.61. The highest BCUT2D eigenvalue weighted by Crippen LogP contribution is 2.23. The van der Waals surface area contributed by atoms with Crippen LogP contribution < -0.4 is 10.6 Å². The smallest absolute Gasteiger partial charge is 0.256 e. The zero-order chi connectivity index (χ0) is 15.4. The summed E-state index contributed by atoms with van der Waals surface area (Å²) >= 11 is 9.45. The molecule has 0 bridgehead atoms. The van der Waals surface area contributed by atoms with Crippen LogP contribution in [0.5, 0.6) is 0 Å². The first-order chi connectivity index (χ1) is 10.0. The molecule has 1 heterocycles. The van der Waals surface area contributed by atoms with E-state index < -0.39 is 6.04 Å². The third-order valence-electron chi connectivity index (χ3n) is 3.32. The molecule has 5 nitrogen and oxygen atoms in total. The molecule has 7 heteroatoms. The maximum atomic E-state index is 12.7. The van der Waals surface area contributed by atoms with Crippen molar-refractivity contribution in [2.45, 2.75) is 13.0 Å². The van der Waals surface area contributed by atoms with E-state index in [1.807, 2.05) is 6.92 Å². The molecular weight excluding hydrogens is 358 g/mol. The molecule has 1 unspecified atom stereocenters. The molecule has 0 aromatic heterocycles. The molecule has 1 fully saturated rings. The zero-order valence-corrected chi connectivity index (χ0v) is 14.0. The first-order valence-corrected chi connectivity index (χ1v) is 7.96. The van der Waals surface area contributed by atoms with Gasteiger partial charge in [0.05, 0.1) is 10.6 Å². The average molecular weight is 375 g/mol. The van der Waals surface area contributed by atoms with E-state index in [2.05, 4.69) is 26.6 Å². The van der Waals surface area contributed by atoms with Gasteiger partial charge < -0.3 is 15.5 Å². The normalized spacial score (nSPS) is 18.4. The van der Waals surface area contributed by atoms with Gasteiger partial charge in [-0.2, -0.15) is 0 Å². The first kappa shape index (κ1) is 16.3. The molecule has 0 saturated carbocycles. The number of carbonyl (C=O) groups excluding carboxylic acids is 2. The summed E-state index contributed by atoms with van der Waals surface area (Å²) in [4.78, 5) is 26.3. The van der Waals surface area contributed by atoms with Gasteiger partial charge in [-0.05, 0) is 25.1 Å². The van der Waals surface area contributed by atoms with Crippen LogP contribution in [-0.2, 0) is 4.79 Å². The van der Waals surface area contributed by atoms with Crippen molar-refractivity contribution in [2.24, 2.45) is 0 Å². The highest BCUT2D eigenvalue weighted by atomic mass is 79.9. The highest BCUT2D eigenvalue weighted by Gasteiger charge is 2.32. The number of hydrogen-bond donors (Lipinski definition) is 2. The fourth-order valence-electron chi connectivity index (χ4n) is 2.29. The van der Waals surface area contributed by atoms with E-state index >= 15 is 0 Å². The van der Waals surface area contributed by atoms with Crippen molar-refractivity contribution >= 4 is 39.3 Å². The summed E-state index contributed by atoms with van der Waals surface area (Å²) in [5.74, 6) is -0.364. The predicted molar refractivity (Wildman–Crippen MR) is 85.5 cm³/mol. The number of halogens is 2. The standard InChI is InChI=1S/C14H17BrClN3O2/c1-2-18-13(20)12-8-17-5-6-19(12)14(21)10-4-3-9(15)7-11(10)16/h3-4,7,12,17H,2,5-6,8H2,1H3,(H,18,20). The molecule has 21 heavy (non-hydrogen) atoms. The lowest BCUT2D eigenvalue weighted by atomic mass is 10.1. The minimum Gasteiger partial charge on any atom is -0.355 e. The summed E-state index contributed by atoms with van der Waals surface area (Å²) in [5, 5.41) is 6.28. The Balaban J connectivity index is 2.24. The largest absolute Gasteiger partial charge is 0.355 e.